The van der Waals surface area contributed by atoms with Gasteiger partial charge in [-0.1, -0.05) is 0 Å². The van der Waals surface area contributed by atoms with Crippen LogP contribution in [-0.2, 0) is 4.74 Å². The first-order chi connectivity index (χ1) is 11.0. The highest BCUT2D eigenvalue weighted by Crippen LogP contribution is 2.32. The first-order valence-corrected chi connectivity index (χ1v) is 7.65. The molecule has 1 amide bonds. The van der Waals surface area contributed by atoms with Crippen molar-refractivity contribution in [2.24, 2.45) is 0 Å². The molecule has 0 unspecified atom stereocenters. The molecule has 2 aromatic rings. The van der Waals surface area contributed by atoms with Gasteiger partial charge < -0.3 is 9.64 Å². The molecule has 0 bridgehead atoms. The van der Waals surface area contributed by atoms with Gasteiger partial charge in [0.25, 0.3) is 5.91 Å². The summed E-state index contributed by atoms with van der Waals surface area (Å²) in [4.78, 5) is 23.3. The molecule has 7 nitrogen and oxygen atoms in total. The first-order valence-electron chi connectivity index (χ1n) is 7.65. The molecule has 3 heterocycles. The zero-order chi connectivity index (χ0) is 16.6. The van der Waals surface area contributed by atoms with Crippen LogP contribution >= 0.6 is 0 Å². The van der Waals surface area contributed by atoms with Crippen LogP contribution in [0.3, 0.4) is 0 Å². The fourth-order valence-electron chi connectivity index (χ4n) is 2.85. The van der Waals surface area contributed by atoms with Crippen molar-refractivity contribution in [3.05, 3.63) is 40.7 Å². The summed E-state index contributed by atoms with van der Waals surface area (Å²) in [5.74, 6) is 1.25. The summed E-state index contributed by atoms with van der Waals surface area (Å²) < 4.78 is 5.45. The highest BCUT2D eigenvalue weighted by molar-refractivity contribution is 5.93. The Labute approximate surface area is 135 Å². The van der Waals surface area contributed by atoms with E-state index in [0.29, 0.717) is 30.3 Å². The van der Waals surface area contributed by atoms with E-state index in [0.717, 1.165) is 11.1 Å². The van der Waals surface area contributed by atoms with Crippen LogP contribution in [0, 0.1) is 20.8 Å². The van der Waals surface area contributed by atoms with Crippen molar-refractivity contribution in [2.75, 3.05) is 13.7 Å². The van der Waals surface area contributed by atoms with Gasteiger partial charge in [-0.2, -0.15) is 5.10 Å². The first kappa shape index (κ1) is 15.6. The zero-order valence-electron chi connectivity index (χ0n) is 13.8. The number of amides is 1. The Balaban J connectivity index is 1.91. The van der Waals surface area contributed by atoms with Crippen molar-refractivity contribution < 1.29 is 9.53 Å². The van der Waals surface area contributed by atoms with Crippen molar-refractivity contribution in [2.45, 2.75) is 39.3 Å². The van der Waals surface area contributed by atoms with Crippen LogP contribution in [0.15, 0.2) is 12.3 Å². The minimum Gasteiger partial charge on any atom is -0.380 e. The molecule has 7 heteroatoms. The second-order valence-corrected chi connectivity index (χ2v) is 5.99. The average molecular weight is 315 g/mol. The molecule has 122 valence electrons. The predicted octanol–water partition coefficient (Wildman–Crippen LogP) is 1.73. The number of aromatic amines is 1. The number of hydrogen-bond acceptors (Lipinski definition) is 5. The van der Waals surface area contributed by atoms with Crippen LogP contribution in [0.2, 0.25) is 0 Å². The molecule has 0 radical (unpaired) electrons. The summed E-state index contributed by atoms with van der Waals surface area (Å²) >= 11 is 0. The van der Waals surface area contributed by atoms with E-state index < -0.39 is 0 Å². The van der Waals surface area contributed by atoms with Gasteiger partial charge in [0.2, 0.25) is 0 Å². The second kappa shape index (κ2) is 6.08. The number of methoxy groups -OCH3 is 1. The number of hydrogen-bond donors (Lipinski definition) is 1. The summed E-state index contributed by atoms with van der Waals surface area (Å²) in [6, 6.07) is 1.66. The summed E-state index contributed by atoms with van der Waals surface area (Å²) in [6.07, 6.45) is 2.42. The number of pyridine rings is 1. The van der Waals surface area contributed by atoms with E-state index >= 15 is 0 Å². The third-order valence-electron chi connectivity index (χ3n) is 4.38. The van der Waals surface area contributed by atoms with Crippen LogP contribution in [-0.4, -0.2) is 50.7 Å². The molecule has 1 aliphatic heterocycles. The van der Waals surface area contributed by atoms with Crippen LogP contribution in [0.1, 0.15) is 45.7 Å². The topological polar surface area (TPSA) is 84.0 Å². The molecular weight excluding hydrogens is 294 g/mol. The van der Waals surface area contributed by atoms with Gasteiger partial charge in [-0.05, 0) is 38.0 Å². The van der Waals surface area contributed by atoms with Crippen molar-refractivity contribution in [3.8, 4) is 0 Å². The van der Waals surface area contributed by atoms with E-state index in [9.17, 15) is 4.79 Å². The molecule has 3 rings (SSSR count). The SMILES string of the molecule is CO[C@@H]1C[C@@H](c2nc(C)n[nH]2)N(C(=O)c2cc(C)c(C)cn2)C1. The molecule has 1 fully saturated rings. The van der Waals surface area contributed by atoms with E-state index in [1.54, 1.807) is 18.2 Å². The molecule has 0 saturated carbocycles. The van der Waals surface area contributed by atoms with Gasteiger partial charge in [-0.25, -0.2) is 4.98 Å². The van der Waals surface area contributed by atoms with Gasteiger partial charge in [-0.3, -0.25) is 14.9 Å². The third-order valence-corrected chi connectivity index (χ3v) is 4.38. The predicted molar refractivity (Wildman–Crippen MR) is 84.0 cm³/mol. The minimum absolute atomic E-state index is 0.0131. The van der Waals surface area contributed by atoms with Gasteiger partial charge in [0.15, 0.2) is 0 Å². The number of carbonyl (C=O) groups is 1. The van der Waals surface area contributed by atoms with Gasteiger partial charge in [0.1, 0.15) is 17.3 Å². The minimum atomic E-state index is -0.169. The summed E-state index contributed by atoms with van der Waals surface area (Å²) in [5, 5.41) is 6.99. The van der Waals surface area contributed by atoms with Gasteiger partial charge in [-0.15, -0.1) is 0 Å². The molecule has 1 saturated heterocycles. The van der Waals surface area contributed by atoms with Crippen molar-refractivity contribution in [1.29, 1.82) is 0 Å². The Kier molecular flexibility index (Phi) is 4.12. The zero-order valence-corrected chi connectivity index (χ0v) is 13.8. The lowest BCUT2D eigenvalue weighted by Gasteiger charge is -2.22. The number of rotatable bonds is 3. The van der Waals surface area contributed by atoms with Gasteiger partial charge in [0.05, 0.1) is 12.1 Å². The highest BCUT2D eigenvalue weighted by atomic mass is 16.5. The molecule has 0 spiro atoms. The smallest absolute Gasteiger partial charge is 0.273 e. The molecule has 2 aromatic heterocycles. The maximum Gasteiger partial charge on any atom is 0.273 e. The Morgan fingerprint density at radius 1 is 1.35 bits per heavy atom. The van der Waals surface area contributed by atoms with Crippen molar-refractivity contribution >= 4 is 5.91 Å². The average Bonchev–Trinajstić information content (AvgIpc) is 3.15. The number of nitrogens with one attached hydrogen (secondary N) is 1. The summed E-state index contributed by atoms with van der Waals surface area (Å²) in [7, 11) is 1.66. The molecule has 23 heavy (non-hydrogen) atoms. The Morgan fingerprint density at radius 3 is 2.74 bits per heavy atom. The van der Waals surface area contributed by atoms with E-state index in [1.165, 1.54) is 0 Å². The number of nitrogens with zero attached hydrogens (tertiary/aromatic N) is 4. The molecule has 2 atom stereocenters. The Bertz CT molecular complexity index is 727. The molecular formula is C16H21N5O2. The van der Waals surface area contributed by atoms with Crippen LogP contribution < -0.4 is 0 Å². The normalized spacial score (nSPS) is 21.0. The fourth-order valence-corrected chi connectivity index (χ4v) is 2.85. The fraction of sp³-hybridized carbons (Fsp3) is 0.500. The Hall–Kier alpha value is -2.28. The summed E-state index contributed by atoms with van der Waals surface area (Å²) in [5.41, 5.74) is 2.57. The number of carbonyl (C=O) groups excluding carboxylic acids is 1. The van der Waals surface area contributed by atoms with E-state index in [4.69, 9.17) is 4.74 Å². The molecule has 1 N–H and O–H groups in total. The number of likely N-dealkylation sites (tertiary alicyclic amines) is 1. The largest absolute Gasteiger partial charge is 0.380 e. The second-order valence-electron chi connectivity index (χ2n) is 5.99. The number of H-pyrrole nitrogens is 1. The molecule has 1 aliphatic rings. The molecule has 0 aliphatic carbocycles. The highest BCUT2D eigenvalue weighted by Gasteiger charge is 2.39. The van der Waals surface area contributed by atoms with Crippen LogP contribution in [0.4, 0.5) is 0 Å². The van der Waals surface area contributed by atoms with E-state index in [2.05, 4.69) is 20.2 Å². The maximum atomic E-state index is 12.9. The van der Waals surface area contributed by atoms with Crippen molar-refractivity contribution in [3.63, 3.8) is 0 Å². The summed E-state index contributed by atoms with van der Waals surface area (Å²) in [6.45, 7) is 6.30. The lowest BCUT2D eigenvalue weighted by Crippen LogP contribution is -2.33. The monoisotopic (exact) mass is 315 g/mol. The van der Waals surface area contributed by atoms with Crippen LogP contribution in [0.5, 0.6) is 0 Å². The number of aromatic nitrogens is 4. The van der Waals surface area contributed by atoms with Crippen LogP contribution in [0.25, 0.3) is 0 Å². The Morgan fingerprint density at radius 2 is 2.13 bits per heavy atom. The van der Waals surface area contributed by atoms with E-state index in [1.807, 2.05) is 26.8 Å². The lowest BCUT2D eigenvalue weighted by atomic mass is 10.1. The number of ether oxygens (including phenoxy) is 1. The quantitative estimate of drug-likeness (QED) is 0.932. The van der Waals surface area contributed by atoms with E-state index in [-0.39, 0.29) is 18.1 Å². The standard InChI is InChI=1S/C16H21N5O2/c1-9-5-13(17-7-10(9)2)16(22)21-8-12(23-4)6-14(21)15-18-11(3)19-20-15/h5,7,12,14H,6,8H2,1-4H3,(H,18,19,20)/t12-,14+/m1/s1. The third kappa shape index (κ3) is 2.96. The van der Waals surface area contributed by atoms with Gasteiger partial charge >= 0.3 is 0 Å². The van der Waals surface area contributed by atoms with Crippen molar-refractivity contribution in [1.82, 2.24) is 25.1 Å². The van der Waals surface area contributed by atoms with Gasteiger partial charge in [0, 0.05) is 26.3 Å². The lowest BCUT2D eigenvalue weighted by molar-refractivity contribution is 0.0678. The number of aryl methyl sites for hydroxylation is 3. The molecule has 0 aromatic carbocycles. The maximum absolute atomic E-state index is 12.9.